The molecule has 3 rings (SSSR count). The average Bonchev–Trinajstić information content (AvgIpc) is 2.79. The van der Waals surface area contributed by atoms with E-state index in [0.29, 0.717) is 6.42 Å². The van der Waals surface area contributed by atoms with Crippen LogP contribution in [0, 0.1) is 5.41 Å². The second-order valence-electron chi connectivity index (χ2n) is 5.53. The number of rotatable bonds is 3. The van der Waals surface area contributed by atoms with E-state index in [-0.39, 0.29) is 17.5 Å². The standard InChI is InChI=1S/C16H15NO6/c1-22-14(20)16(15(21)23-2)8-7-11(16)17-12(18)9-5-3-4-6-10(9)13(17)19/h3-6,11H,7-8H2,1-2H3. The summed E-state index contributed by atoms with van der Waals surface area (Å²) in [6, 6.07) is 5.51. The molecule has 23 heavy (non-hydrogen) atoms. The molecule has 2 amide bonds. The molecule has 2 aliphatic rings. The number of benzene rings is 1. The molecule has 1 aliphatic carbocycles. The number of esters is 2. The molecule has 0 saturated heterocycles. The Morgan fingerprint density at radius 1 is 1.04 bits per heavy atom. The highest BCUT2D eigenvalue weighted by Gasteiger charge is 2.65. The summed E-state index contributed by atoms with van der Waals surface area (Å²) in [6.45, 7) is 0. The van der Waals surface area contributed by atoms with Gasteiger partial charge in [0.05, 0.1) is 31.4 Å². The quantitative estimate of drug-likeness (QED) is 0.465. The molecule has 0 radical (unpaired) electrons. The van der Waals surface area contributed by atoms with Crippen LogP contribution in [0.2, 0.25) is 0 Å². The van der Waals surface area contributed by atoms with Gasteiger partial charge in [-0.15, -0.1) is 0 Å². The molecule has 120 valence electrons. The van der Waals surface area contributed by atoms with E-state index >= 15 is 0 Å². The molecule has 7 nitrogen and oxygen atoms in total. The first-order valence-corrected chi connectivity index (χ1v) is 7.12. The van der Waals surface area contributed by atoms with Gasteiger partial charge in [0.1, 0.15) is 0 Å². The molecular formula is C16H15NO6. The smallest absolute Gasteiger partial charge is 0.325 e. The first-order valence-electron chi connectivity index (χ1n) is 7.12. The molecule has 0 spiro atoms. The van der Waals surface area contributed by atoms with Crippen molar-refractivity contribution in [2.24, 2.45) is 5.41 Å². The van der Waals surface area contributed by atoms with Crippen LogP contribution in [0.1, 0.15) is 33.6 Å². The summed E-state index contributed by atoms with van der Waals surface area (Å²) >= 11 is 0. The third kappa shape index (κ3) is 1.82. The van der Waals surface area contributed by atoms with Crippen LogP contribution in [0.25, 0.3) is 0 Å². The van der Waals surface area contributed by atoms with Crippen molar-refractivity contribution in [2.45, 2.75) is 18.9 Å². The summed E-state index contributed by atoms with van der Waals surface area (Å²) in [4.78, 5) is 50.5. The first-order chi connectivity index (χ1) is 11.0. The fourth-order valence-corrected chi connectivity index (χ4v) is 3.33. The van der Waals surface area contributed by atoms with Crippen LogP contribution in [-0.4, -0.2) is 48.9 Å². The second-order valence-corrected chi connectivity index (χ2v) is 5.53. The van der Waals surface area contributed by atoms with Gasteiger partial charge in [-0.3, -0.25) is 24.1 Å². The molecule has 1 saturated carbocycles. The lowest BCUT2D eigenvalue weighted by molar-refractivity contribution is -0.182. The van der Waals surface area contributed by atoms with Crippen LogP contribution in [0.15, 0.2) is 24.3 Å². The van der Waals surface area contributed by atoms with E-state index in [2.05, 4.69) is 0 Å². The van der Waals surface area contributed by atoms with Crippen molar-refractivity contribution < 1.29 is 28.7 Å². The number of carbonyl (C=O) groups excluding carboxylic acids is 4. The molecule has 0 aromatic heterocycles. The van der Waals surface area contributed by atoms with Gasteiger partial charge in [-0.1, -0.05) is 12.1 Å². The zero-order valence-electron chi connectivity index (χ0n) is 12.7. The Kier molecular flexibility index (Phi) is 3.43. The van der Waals surface area contributed by atoms with Gasteiger partial charge in [0, 0.05) is 0 Å². The minimum absolute atomic E-state index is 0.171. The normalized spacial score (nSPS) is 21.5. The van der Waals surface area contributed by atoms with Crippen LogP contribution in [0.3, 0.4) is 0 Å². The third-order valence-electron chi connectivity index (χ3n) is 4.62. The molecule has 1 aliphatic heterocycles. The number of nitrogens with zero attached hydrogens (tertiary/aromatic N) is 1. The zero-order chi connectivity index (χ0) is 16.8. The third-order valence-corrected chi connectivity index (χ3v) is 4.62. The van der Waals surface area contributed by atoms with E-state index in [0.717, 1.165) is 19.1 Å². The molecular weight excluding hydrogens is 302 g/mol. The highest BCUT2D eigenvalue weighted by atomic mass is 16.5. The van der Waals surface area contributed by atoms with Crippen LogP contribution >= 0.6 is 0 Å². The molecule has 7 heteroatoms. The number of ether oxygens (including phenoxy) is 2. The number of fused-ring (bicyclic) bond motifs is 1. The zero-order valence-corrected chi connectivity index (χ0v) is 12.7. The Labute approximate surface area is 132 Å². The number of hydrogen-bond acceptors (Lipinski definition) is 6. The molecule has 1 aromatic rings. The minimum atomic E-state index is -1.64. The lowest BCUT2D eigenvalue weighted by Gasteiger charge is -2.47. The van der Waals surface area contributed by atoms with Gasteiger partial charge >= 0.3 is 11.9 Å². The predicted molar refractivity (Wildman–Crippen MR) is 76.4 cm³/mol. The molecule has 0 bridgehead atoms. The van der Waals surface area contributed by atoms with Crippen LogP contribution in [0.4, 0.5) is 0 Å². The van der Waals surface area contributed by atoms with E-state index in [1.807, 2.05) is 0 Å². The molecule has 0 N–H and O–H groups in total. The van der Waals surface area contributed by atoms with Crippen molar-refractivity contribution >= 4 is 23.8 Å². The van der Waals surface area contributed by atoms with Crippen LogP contribution < -0.4 is 0 Å². The molecule has 1 unspecified atom stereocenters. The van der Waals surface area contributed by atoms with Gasteiger partial charge < -0.3 is 9.47 Å². The lowest BCUT2D eigenvalue weighted by atomic mass is 9.63. The van der Waals surface area contributed by atoms with Gasteiger partial charge in [0.2, 0.25) is 0 Å². The van der Waals surface area contributed by atoms with E-state index in [9.17, 15) is 19.2 Å². The predicted octanol–water partition coefficient (Wildman–Crippen LogP) is 0.777. The summed E-state index contributed by atoms with van der Waals surface area (Å²) in [6.07, 6.45) is 0.514. The van der Waals surface area contributed by atoms with E-state index in [4.69, 9.17) is 9.47 Å². The van der Waals surface area contributed by atoms with Crippen molar-refractivity contribution in [2.75, 3.05) is 14.2 Å². The summed E-state index contributed by atoms with van der Waals surface area (Å²) < 4.78 is 9.46. The van der Waals surface area contributed by atoms with Gasteiger partial charge in [-0.05, 0) is 25.0 Å². The molecule has 1 aromatic carbocycles. The van der Waals surface area contributed by atoms with Crippen molar-refractivity contribution in [1.82, 2.24) is 4.90 Å². The summed E-state index contributed by atoms with van der Waals surface area (Å²) in [7, 11) is 2.32. The van der Waals surface area contributed by atoms with Gasteiger partial charge in [0.25, 0.3) is 11.8 Å². The van der Waals surface area contributed by atoms with E-state index in [1.54, 1.807) is 24.3 Å². The summed E-state index contributed by atoms with van der Waals surface area (Å²) in [5, 5.41) is 0. The highest BCUT2D eigenvalue weighted by molar-refractivity contribution is 6.22. The van der Waals surface area contributed by atoms with Crippen LogP contribution in [-0.2, 0) is 19.1 Å². The maximum Gasteiger partial charge on any atom is 0.325 e. The van der Waals surface area contributed by atoms with Crippen molar-refractivity contribution in [3.05, 3.63) is 35.4 Å². The molecule has 1 atom stereocenters. The maximum atomic E-state index is 12.6. The van der Waals surface area contributed by atoms with Crippen molar-refractivity contribution in [3.63, 3.8) is 0 Å². The number of carbonyl (C=O) groups is 4. The molecule has 1 fully saturated rings. The maximum absolute atomic E-state index is 12.6. The fourth-order valence-electron chi connectivity index (χ4n) is 3.33. The minimum Gasteiger partial charge on any atom is -0.468 e. The Bertz CT molecular complexity index is 674. The fraction of sp³-hybridized carbons (Fsp3) is 0.375. The van der Waals surface area contributed by atoms with E-state index < -0.39 is 35.2 Å². The summed E-state index contributed by atoms with van der Waals surface area (Å²) in [5.74, 6) is -2.60. The second kappa shape index (κ2) is 5.19. The van der Waals surface area contributed by atoms with Gasteiger partial charge in [-0.2, -0.15) is 0 Å². The Morgan fingerprint density at radius 3 is 1.87 bits per heavy atom. The number of amides is 2. The number of hydrogen-bond donors (Lipinski definition) is 0. The summed E-state index contributed by atoms with van der Waals surface area (Å²) in [5.41, 5.74) is -1.10. The highest BCUT2D eigenvalue weighted by Crippen LogP contribution is 2.48. The topological polar surface area (TPSA) is 90.0 Å². The van der Waals surface area contributed by atoms with Gasteiger partial charge in [-0.25, -0.2) is 0 Å². The lowest BCUT2D eigenvalue weighted by Crippen LogP contribution is -2.64. The van der Waals surface area contributed by atoms with Crippen molar-refractivity contribution in [1.29, 1.82) is 0 Å². The Hall–Kier alpha value is -2.70. The first kappa shape index (κ1) is 15.2. The average molecular weight is 317 g/mol. The Morgan fingerprint density at radius 2 is 1.52 bits per heavy atom. The number of imide groups is 1. The van der Waals surface area contributed by atoms with Gasteiger partial charge in [0.15, 0.2) is 5.41 Å². The van der Waals surface area contributed by atoms with E-state index in [1.165, 1.54) is 0 Å². The monoisotopic (exact) mass is 317 g/mol. The van der Waals surface area contributed by atoms with Crippen LogP contribution in [0.5, 0.6) is 0 Å². The van der Waals surface area contributed by atoms with Crippen molar-refractivity contribution in [3.8, 4) is 0 Å². The molecule has 1 heterocycles. The largest absolute Gasteiger partial charge is 0.468 e. The Balaban J connectivity index is 2.03. The SMILES string of the molecule is COC(=O)C1(C(=O)OC)CCC1N1C(=O)c2ccccc2C1=O. The number of methoxy groups -OCH3 is 2.